The van der Waals surface area contributed by atoms with E-state index in [4.69, 9.17) is 21.1 Å². The van der Waals surface area contributed by atoms with Crippen LogP contribution in [0.5, 0.6) is 5.75 Å². The van der Waals surface area contributed by atoms with Crippen LogP contribution < -0.4 is 10.1 Å². The minimum absolute atomic E-state index is 0.175. The topological polar surface area (TPSA) is 30.5 Å². The van der Waals surface area contributed by atoms with Crippen LogP contribution in [0.1, 0.15) is 20.3 Å². The smallest absolute Gasteiger partial charge is 0.139 e. The standard InChI is InChI=1S/C15H20ClNO2/c1-15(2)13(10-6-7-19-14(10)15)17-9-4-5-11(16)12(8-9)18-3/h4-5,8,10,13-14,17H,6-7H2,1-3H3. The Bertz CT molecular complexity index is 489. The summed E-state index contributed by atoms with van der Waals surface area (Å²) in [6.45, 7) is 5.43. The van der Waals surface area contributed by atoms with Crippen molar-refractivity contribution in [3.63, 3.8) is 0 Å². The number of benzene rings is 1. The molecule has 3 unspecified atom stereocenters. The summed E-state index contributed by atoms with van der Waals surface area (Å²) in [5.74, 6) is 1.33. The number of methoxy groups -OCH3 is 1. The molecular formula is C15H20ClNO2. The average Bonchev–Trinajstić information content (AvgIpc) is 2.84. The zero-order valence-corrected chi connectivity index (χ0v) is 12.3. The van der Waals surface area contributed by atoms with Crippen molar-refractivity contribution in [3.8, 4) is 5.75 Å². The van der Waals surface area contributed by atoms with Gasteiger partial charge in [-0.1, -0.05) is 25.4 Å². The Kier molecular flexibility index (Phi) is 3.14. The first-order chi connectivity index (χ1) is 9.04. The fourth-order valence-corrected chi connectivity index (χ4v) is 3.74. The van der Waals surface area contributed by atoms with Crippen molar-refractivity contribution in [2.75, 3.05) is 19.0 Å². The lowest BCUT2D eigenvalue weighted by Crippen LogP contribution is -2.63. The van der Waals surface area contributed by atoms with Crippen LogP contribution in [-0.2, 0) is 4.74 Å². The van der Waals surface area contributed by atoms with Crippen molar-refractivity contribution in [3.05, 3.63) is 23.2 Å². The first-order valence-electron chi connectivity index (χ1n) is 6.75. The van der Waals surface area contributed by atoms with E-state index in [1.165, 1.54) is 0 Å². The predicted molar refractivity (Wildman–Crippen MR) is 77.0 cm³/mol. The summed E-state index contributed by atoms with van der Waals surface area (Å²) in [4.78, 5) is 0. The van der Waals surface area contributed by atoms with Gasteiger partial charge in [-0.25, -0.2) is 0 Å². The molecule has 0 amide bonds. The van der Waals surface area contributed by atoms with Crippen molar-refractivity contribution < 1.29 is 9.47 Å². The second-order valence-corrected chi connectivity index (χ2v) is 6.44. The number of hydrogen-bond donors (Lipinski definition) is 1. The summed E-state index contributed by atoms with van der Waals surface area (Å²) in [7, 11) is 1.64. The zero-order valence-electron chi connectivity index (χ0n) is 11.6. The molecule has 0 radical (unpaired) electrons. The Hall–Kier alpha value is -0.930. The van der Waals surface area contributed by atoms with Crippen molar-refractivity contribution in [1.29, 1.82) is 0 Å². The number of nitrogens with one attached hydrogen (secondary N) is 1. The molecule has 4 heteroatoms. The monoisotopic (exact) mass is 281 g/mol. The lowest BCUT2D eigenvalue weighted by molar-refractivity contribution is -0.0923. The van der Waals surface area contributed by atoms with Crippen LogP contribution in [0.15, 0.2) is 18.2 Å². The second-order valence-electron chi connectivity index (χ2n) is 6.04. The van der Waals surface area contributed by atoms with Gasteiger partial charge >= 0.3 is 0 Å². The zero-order chi connectivity index (χ0) is 13.6. The molecule has 0 spiro atoms. The van der Waals surface area contributed by atoms with E-state index in [9.17, 15) is 0 Å². The maximum atomic E-state index is 6.05. The first kappa shape index (κ1) is 13.1. The van der Waals surface area contributed by atoms with Crippen LogP contribution in [-0.4, -0.2) is 25.9 Å². The van der Waals surface area contributed by atoms with E-state index < -0.39 is 0 Å². The van der Waals surface area contributed by atoms with Gasteiger partial charge in [-0.05, 0) is 18.6 Å². The molecule has 3 nitrogen and oxygen atoms in total. The van der Waals surface area contributed by atoms with Gasteiger partial charge < -0.3 is 14.8 Å². The summed E-state index contributed by atoms with van der Waals surface area (Å²) >= 11 is 6.05. The third kappa shape index (κ3) is 2.00. The van der Waals surface area contributed by atoms with Crippen LogP contribution >= 0.6 is 11.6 Å². The summed E-state index contributed by atoms with van der Waals surface area (Å²) in [5.41, 5.74) is 1.23. The SMILES string of the molecule is COc1cc(NC2C3CCOC3C2(C)C)ccc1Cl. The largest absolute Gasteiger partial charge is 0.495 e. The van der Waals surface area contributed by atoms with Gasteiger partial charge in [0, 0.05) is 35.7 Å². The average molecular weight is 282 g/mol. The van der Waals surface area contributed by atoms with Crippen LogP contribution in [0.3, 0.4) is 0 Å². The molecule has 1 saturated heterocycles. The van der Waals surface area contributed by atoms with Crippen LogP contribution in [0.25, 0.3) is 0 Å². The number of rotatable bonds is 3. The third-order valence-corrected chi connectivity index (χ3v) is 4.89. The molecule has 19 heavy (non-hydrogen) atoms. The molecule has 1 aliphatic heterocycles. The van der Waals surface area contributed by atoms with Gasteiger partial charge in [-0.3, -0.25) is 0 Å². The predicted octanol–water partition coefficient (Wildman–Crippen LogP) is 3.57. The lowest BCUT2D eigenvalue weighted by Gasteiger charge is -2.55. The molecule has 1 aliphatic carbocycles. The summed E-state index contributed by atoms with van der Waals surface area (Å²) < 4.78 is 11.1. The maximum Gasteiger partial charge on any atom is 0.139 e. The number of fused-ring (bicyclic) bond motifs is 1. The van der Waals surface area contributed by atoms with Gasteiger partial charge in [-0.15, -0.1) is 0 Å². The Labute approximate surface area is 119 Å². The molecule has 1 N–H and O–H groups in total. The molecule has 1 aromatic carbocycles. The van der Waals surface area contributed by atoms with Crippen LogP contribution in [0.4, 0.5) is 5.69 Å². The van der Waals surface area contributed by atoms with Crippen LogP contribution in [0, 0.1) is 11.3 Å². The number of hydrogen-bond acceptors (Lipinski definition) is 3. The van der Waals surface area contributed by atoms with Gasteiger partial charge in [0.15, 0.2) is 0 Å². The molecule has 104 valence electrons. The molecule has 2 fully saturated rings. The third-order valence-electron chi connectivity index (χ3n) is 4.57. The van der Waals surface area contributed by atoms with E-state index in [0.717, 1.165) is 18.7 Å². The maximum absolute atomic E-state index is 6.05. The minimum atomic E-state index is 0.175. The Morgan fingerprint density at radius 3 is 2.95 bits per heavy atom. The molecule has 2 aliphatic rings. The Balaban J connectivity index is 1.78. The van der Waals surface area contributed by atoms with E-state index in [2.05, 4.69) is 19.2 Å². The number of anilines is 1. The molecule has 1 saturated carbocycles. The van der Waals surface area contributed by atoms with Crippen molar-refractivity contribution in [2.24, 2.45) is 11.3 Å². The van der Waals surface area contributed by atoms with Gasteiger partial charge in [0.05, 0.1) is 18.2 Å². The molecule has 0 aromatic heterocycles. The molecular weight excluding hydrogens is 262 g/mol. The van der Waals surface area contributed by atoms with E-state index in [1.54, 1.807) is 7.11 Å². The highest BCUT2D eigenvalue weighted by molar-refractivity contribution is 6.32. The molecule has 1 heterocycles. The van der Waals surface area contributed by atoms with Crippen molar-refractivity contribution in [2.45, 2.75) is 32.4 Å². The molecule has 1 aromatic rings. The van der Waals surface area contributed by atoms with Gasteiger partial charge in [0.1, 0.15) is 5.75 Å². The second kappa shape index (κ2) is 4.57. The first-order valence-corrected chi connectivity index (χ1v) is 7.13. The molecule has 3 rings (SSSR count). The van der Waals surface area contributed by atoms with E-state index in [-0.39, 0.29) is 5.41 Å². The normalized spacial score (nSPS) is 31.5. The van der Waals surface area contributed by atoms with Crippen molar-refractivity contribution in [1.82, 2.24) is 0 Å². The van der Waals surface area contributed by atoms with Crippen LogP contribution in [0.2, 0.25) is 5.02 Å². The van der Waals surface area contributed by atoms with E-state index >= 15 is 0 Å². The highest BCUT2D eigenvalue weighted by atomic mass is 35.5. The summed E-state index contributed by atoms with van der Waals surface area (Å²) in [6, 6.07) is 6.29. The summed E-state index contributed by atoms with van der Waals surface area (Å²) in [6.07, 6.45) is 1.55. The summed E-state index contributed by atoms with van der Waals surface area (Å²) in [5, 5.41) is 4.27. The fraction of sp³-hybridized carbons (Fsp3) is 0.600. The highest BCUT2D eigenvalue weighted by Crippen LogP contribution is 2.53. The quantitative estimate of drug-likeness (QED) is 0.919. The number of halogens is 1. The minimum Gasteiger partial charge on any atom is -0.495 e. The van der Waals surface area contributed by atoms with Crippen molar-refractivity contribution >= 4 is 17.3 Å². The lowest BCUT2D eigenvalue weighted by atomic mass is 9.57. The van der Waals surface area contributed by atoms with E-state index in [0.29, 0.717) is 28.8 Å². The number of ether oxygens (including phenoxy) is 2. The van der Waals surface area contributed by atoms with Gasteiger partial charge in [0.2, 0.25) is 0 Å². The Morgan fingerprint density at radius 2 is 2.21 bits per heavy atom. The highest BCUT2D eigenvalue weighted by Gasteiger charge is 2.59. The Morgan fingerprint density at radius 1 is 1.42 bits per heavy atom. The fourth-order valence-electron chi connectivity index (χ4n) is 3.55. The van der Waals surface area contributed by atoms with Gasteiger partial charge in [-0.2, -0.15) is 0 Å². The van der Waals surface area contributed by atoms with Gasteiger partial charge in [0.25, 0.3) is 0 Å². The van der Waals surface area contributed by atoms with E-state index in [1.807, 2.05) is 18.2 Å². The molecule has 3 atom stereocenters. The molecule has 0 bridgehead atoms.